The number of fused-ring (bicyclic) bond motifs is 1. The highest BCUT2D eigenvalue weighted by atomic mass is 32.1. The Labute approximate surface area is 151 Å². The molecule has 1 aromatic rings. The highest BCUT2D eigenvalue weighted by Gasteiger charge is 2.54. The maximum Gasteiger partial charge on any atom is 0.192 e. The fourth-order valence-electron chi connectivity index (χ4n) is 3.90. The van der Waals surface area contributed by atoms with Crippen LogP contribution in [0.5, 0.6) is 0 Å². The number of thiophene rings is 1. The van der Waals surface area contributed by atoms with Crippen molar-refractivity contribution in [3.63, 3.8) is 0 Å². The van der Waals surface area contributed by atoms with Crippen molar-refractivity contribution < 1.29 is 0 Å². The van der Waals surface area contributed by atoms with Crippen molar-refractivity contribution in [2.24, 2.45) is 17.1 Å². The van der Waals surface area contributed by atoms with Crippen LogP contribution >= 0.6 is 11.3 Å². The van der Waals surface area contributed by atoms with Crippen LogP contribution in [0.3, 0.4) is 0 Å². The molecule has 6 heteroatoms. The van der Waals surface area contributed by atoms with Gasteiger partial charge in [-0.3, -0.25) is 4.90 Å². The third-order valence-electron chi connectivity index (χ3n) is 5.27. The summed E-state index contributed by atoms with van der Waals surface area (Å²) in [5.74, 6) is -0.469. The van der Waals surface area contributed by atoms with Gasteiger partial charge >= 0.3 is 0 Å². The molecular weight excluding hydrogens is 330 g/mol. The van der Waals surface area contributed by atoms with E-state index in [-0.39, 0.29) is 17.5 Å². The van der Waals surface area contributed by atoms with Gasteiger partial charge in [-0.15, -0.1) is 11.3 Å². The van der Waals surface area contributed by atoms with E-state index in [4.69, 9.17) is 5.73 Å². The standard InChI is InChI=1S/C19H19N5S/c1-12(2)24-6-5-13-14(8-20)18(23)19(10-21,11-22)17(15(13)9-24)16-4-3-7-25-16/h3-5,7,12,15,17H,6,9,23H2,1-2H3/t15-,17-/m1/s1. The summed E-state index contributed by atoms with van der Waals surface area (Å²) in [6, 6.07) is 10.7. The van der Waals surface area contributed by atoms with Gasteiger partial charge in [-0.1, -0.05) is 12.1 Å². The molecule has 3 rings (SSSR count). The Hall–Kier alpha value is -2.59. The molecule has 1 aromatic heterocycles. The molecule has 0 fully saturated rings. The van der Waals surface area contributed by atoms with E-state index in [1.54, 1.807) is 0 Å². The van der Waals surface area contributed by atoms with Gasteiger partial charge in [0.15, 0.2) is 5.41 Å². The number of nitrogens with zero attached hydrogens (tertiary/aromatic N) is 4. The lowest BCUT2D eigenvalue weighted by Crippen LogP contribution is -2.49. The van der Waals surface area contributed by atoms with Crippen molar-refractivity contribution in [3.8, 4) is 18.2 Å². The lowest BCUT2D eigenvalue weighted by Gasteiger charge is -2.45. The second-order valence-corrected chi connectivity index (χ2v) is 7.72. The van der Waals surface area contributed by atoms with Crippen LogP contribution in [-0.2, 0) is 0 Å². The predicted molar refractivity (Wildman–Crippen MR) is 95.8 cm³/mol. The minimum Gasteiger partial charge on any atom is -0.399 e. The Bertz CT molecular complexity index is 843. The Kier molecular flexibility index (Phi) is 4.39. The minimum atomic E-state index is -1.52. The van der Waals surface area contributed by atoms with Crippen molar-refractivity contribution in [1.82, 2.24) is 4.90 Å². The second-order valence-electron chi connectivity index (χ2n) is 6.74. The molecule has 5 nitrogen and oxygen atoms in total. The summed E-state index contributed by atoms with van der Waals surface area (Å²) in [7, 11) is 0. The van der Waals surface area contributed by atoms with Crippen LogP contribution in [-0.4, -0.2) is 24.0 Å². The third-order valence-corrected chi connectivity index (χ3v) is 6.23. The zero-order valence-corrected chi connectivity index (χ0v) is 15.0. The van der Waals surface area contributed by atoms with Crippen LogP contribution in [0.25, 0.3) is 0 Å². The first kappa shape index (κ1) is 17.2. The molecule has 1 aliphatic carbocycles. The van der Waals surface area contributed by atoms with Crippen LogP contribution in [0.15, 0.2) is 40.4 Å². The van der Waals surface area contributed by atoms with E-state index in [1.807, 2.05) is 23.6 Å². The fourth-order valence-corrected chi connectivity index (χ4v) is 4.86. The summed E-state index contributed by atoms with van der Waals surface area (Å²) < 4.78 is 0. The Morgan fingerprint density at radius 2 is 2.04 bits per heavy atom. The van der Waals surface area contributed by atoms with Gasteiger partial charge in [0, 0.05) is 35.8 Å². The van der Waals surface area contributed by atoms with Gasteiger partial charge in [0.1, 0.15) is 6.07 Å². The SMILES string of the molecule is CC(C)N1CC=C2C(C#N)=C(N)C(C#N)(C#N)[C@@H](c3cccs3)[C@@H]2C1. The van der Waals surface area contributed by atoms with Crippen molar-refractivity contribution >= 4 is 11.3 Å². The van der Waals surface area contributed by atoms with E-state index in [9.17, 15) is 15.8 Å². The summed E-state index contributed by atoms with van der Waals surface area (Å²) in [6.07, 6.45) is 2.04. The number of nitriles is 3. The van der Waals surface area contributed by atoms with Crippen LogP contribution < -0.4 is 5.73 Å². The lowest BCUT2D eigenvalue weighted by atomic mass is 9.59. The Morgan fingerprint density at radius 1 is 1.32 bits per heavy atom. The first-order valence-corrected chi connectivity index (χ1v) is 9.08. The maximum atomic E-state index is 9.94. The monoisotopic (exact) mass is 349 g/mol. The van der Waals surface area contributed by atoms with Crippen LogP contribution in [0.1, 0.15) is 24.6 Å². The first-order valence-electron chi connectivity index (χ1n) is 8.20. The molecule has 0 unspecified atom stereocenters. The predicted octanol–water partition coefficient (Wildman–Crippen LogP) is 2.88. The van der Waals surface area contributed by atoms with Gasteiger partial charge in [0.25, 0.3) is 0 Å². The van der Waals surface area contributed by atoms with Crippen LogP contribution in [0, 0.1) is 45.3 Å². The van der Waals surface area contributed by atoms with E-state index >= 15 is 0 Å². The topological polar surface area (TPSA) is 101 Å². The van der Waals surface area contributed by atoms with E-state index in [0.29, 0.717) is 18.2 Å². The van der Waals surface area contributed by atoms with E-state index in [2.05, 4.69) is 37.0 Å². The molecule has 0 bridgehead atoms. The smallest absolute Gasteiger partial charge is 0.192 e. The molecular formula is C19H19N5S. The summed E-state index contributed by atoms with van der Waals surface area (Å²) in [5.41, 5.74) is 6.03. The Balaban J connectivity index is 2.28. The molecule has 0 amide bonds. The third kappa shape index (κ3) is 2.45. The van der Waals surface area contributed by atoms with E-state index in [0.717, 1.165) is 17.0 Å². The van der Waals surface area contributed by atoms with Gasteiger partial charge in [0.2, 0.25) is 0 Å². The minimum absolute atomic E-state index is 0.0962. The molecule has 0 spiro atoms. The number of hydrogen-bond acceptors (Lipinski definition) is 6. The molecule has 2 atom stereocenters. The summed E-state index contributed by atoms with van der Waals surface area (Å²) in [5, 5.41) is 31.5. The van der Waals surface area contributed by atoms with Crippen molar-refractivity contribution in [2.75, 3.05) is 13.1 Å². The van der Waals surface area contributed by atoms with Crippen molar-refractivity contribution in [1.29, 1.82) is 15.8 Å². The highest BCUT2D eigenvalue weighted by molar-refractivity contribution is 7.10. The van der Waals surface area contributed by atoms with Crippen molar-refractivity contribution in [2.45, 2.75) is 25.8 Å². The number of hydrogen-bond donors (Lipinski definition) is 1. The van der Waals surface area contributed by atoms with E-state index in [1.165, 1.54) is 11.3 Å². The van der Waals surface area contributed by atoms with Gasteiger partial charge in [-0.05, 0) is 30.9 Å². The molecule has 2 heterocycles. The average molecular weight is 349 g/mol. The number of nitrogens with two attached hydrogens (primary N) is 1. The van der Waals surface area contributed by atoms with E-state index < -0.39 is 5.41 Å². The molecule has 0 aromatic carbocycles. The second kappa shape index (κ2) is 6.37. The number of rotatable bonds is 2. The van der Waals surface area contributed by atoms with Crippen LogP contribution in [0.2, 0.25) is 0 Å². The summed E-state index contributed by atoms with van der Waals surface area (Å²) >= 11 is 1.53. The highest BCUT2D eigenvalue weighted by Crippen LogP contribution is 2.55. The zero-order chi connectivity index (χ0) is 18.2. The lowest BCUT2D eigenvalue weighted by molar-refractivity contribution is 0.175. The molecule has 25 heavy (non-hydrogen) atoms. The zero-order valence-electron chi connectivity index (χ0n) is 14.2. The normalized spacial score (nSPS) is 25.5. The quantitative estimate of drug-likeness (QED) is 0.884. The molecule has 1 aliphatic heterocycles. The summed E-state index contributed by atoms with van der Waals surface area (Å²) in [4.78, 5) is 3.26. The van der Waals surface area contributed by atoms with Gasteiger partial charge in [-0.2, -0.15) is 15.8 Å². The van der Waals surface area contributed by atoms with Crippen LogP contribution in [0.4, 0.5) is 0 Å². The number of allylic oxidation sites excluding steroid dienone is 2. The van der Waals surface area contributed by atoms with Gasteiger partial charge in [-0.25, -0.2) is 0 Å². The first-order chi connectivity index (χ1) is 12.0. The molecule has 2 aliphatic rings. The average Bonchev–Trinajstić information content (AvgIpc) is 3.14. The summed E-state index contributed by atoms with van der Waals surface area (Å²) in [6.45, 7) is 5.69. The molecule has 0 saturated heterocycles. The van der Waals surface area contributed by atoms with Crippen molar-refractivity contribution in [3.05, 3.63) is 45.3 Å². The Morgan fingerprint density at radius 3 is 2.56 bits per heavy atom. The van der Waals surface area contributed by atoms with Gasteiger partial charge < -0.3 is 5.73 Å². The molecule has 0 radical (unpaired) electrons. The fraction of sp³-hybridized carbons (Fsp3) is 0.421. The largest absolute Gasteiger partial charge is 0.399 e. The molecule has 0 saturated carbocycles. The maximum absolute atomic E-state index is 9.94. The molecule has 126 valence electrons. The van der Waals surface area contributed by atoms with Gasteiger partial charge in [0.05, 0.1) is 23.4 Å². The molecule has 2 N–H and O–H groups in total.